The fourth-order valence-corrected chi connectivity index (χ4v) is 2.31. The molecule has 1 aliphatic carbocycles. The van der Waals surface area contributed by atoms with E-state index >= 15 is 0 Å². The Balaban J connectivity index is 2.02. The summed E-state index contributed by atoms with van der Waals surface area (Å²) in [5.74, 6) is 0. The lowest BCUT2D eigenvalue weighted by molar-refractivity contribution is 0.0405. The molecule has 17 heavy (non-hydrogen) atoms. The highest BCUT2D eigenvalue weighted by molar-refractivity contribution is 5.00. The first-order chi connectivity index (χ1) is 8.14. The fraction of sp³-hybridized carbons (Fsp3) is 0.929. The van der Waals surface area contributed by atoms with Gasteiger partial charge in [0.15, 0.2) is 0 Å². The molecule has 0 radical (unpaired) electrons. The molecule has 1 rings (SSSR count). The second-order valence-corrected chi connectivity index (χ2v) is 5.47. The molecule has 3 nitrogen and oxygen atoms in total. The molecule has 1 unspecified atom stereocenters. The zero-order chi connectivity index (χ0) is 12.6. The van der Waals surface area contributed by atoms with Crippen LogP contribution in [0.25, 0.3) is 0 Å². The second-order valence-electron chi connectivity index (χ2n) is 5.47. The maximum absolute atomic E-state index is 8.78. The monoisotopic (exact) mass is 238 g/mol. The highest BCUT2D eigenvalue weighted by Gasteiger charge is 2.16. The van der Waals surface area contributed by atoms with Gasteiger partial charge < -0.3 is 10.5 Å². The Morgan fingerprint density at radius 1 is 1.24 bits per heavy atom. The van der Waals surface area contributed by atoms with Gasteiger partial charge in [0.2, 0.25) is 0 Å². The van der Waals surface area contributed by atoms with Crippen LogP contribution in [0, 0.1) is 11.3 Å². The van der Waals surface area contributed by atoms with E-state index < -0.39 is 5.54 Å². The first-order valence-corrected chi connectivity index (χ1v) is 6.96. The van der Waals surface area contributed by atoms with E-state index in [0.29, 0.717) is 6.10 Å². The number of nitriles is 1. The van der Waals surface area contributed by atoms with Gasteiger partial charge in [-0.25, -0.2) is 0 Å². The number of hydrogen-bond donors (Lipinski definition) is 1. The van der Waals surface area contributed by atoms with E-state index in [9.17, 15) is 0 Å². The zero-order valence-corrected chi connectivity index (χ0v) is 11.1. The van der Waals surface area contributed by atoms with Crippen molar-refractivity contribution >= 4 is 0 Å². The minimum absolute atomic E-state index is 0.484. The lowest BCUT2D eigenvalue weighted by atomic mass is 9.98. The Labute approximate surface area is 105 Å². The van der Waals surface area contributed by atoms with Crippen LogP contribution in [0.5, 0.6) is 0 Å². The van der Waals surface area contributed by atoms with E-state index in [1.807, 2.05) is 0 Å². The van der Waals surface area contributed by atoms with Crippen molar-refractivity contribution in [1.29, 1.82) is 5.26 Å². The van der Waals surface area contributed by atoms with E-state index in [2.05, 4.69) is 6.07 Å². The lowest BCUT2D eigenvalue weighted by Gasteiger charge is -2.17. The van der Waals surface area contributed by atoms with Gasteiger partial charge in [0, 0.05) is 6.61 Å². The third-order valence-corrected chi connectivity index (χ3v) is 3.50. The van der Waals surface area contributed by atoms with Crippen molar-refractivity contribution in [2.45, 2.75) is 76.4 Å². The highest BCUT2D eigenvalue weighted by atomic mass is 16.5. The van der Waals surface area contributed by atoms with Crippen molar-refractivity contribution in [3.05, 3.63) is 0 Å². The quantitative estimate of drug-likeness (QED) is 0.571. The molecule has 0 saturated heterocycles. The molecule has 0 bridgehead atoms. The number of nitrogens with zero attached hydrogens (tertiary/aromatic N) is 1. The van der Waals surface area contributed by atoms with E-state index in [1.165, 1.54) is 38.5 Å². The first-order valence-electron chi connectivity index (χ1n) is 6.96. The molecule has 98 valence electrons. The maximum atomic E-state index is 8.78. The predicted molar refractivity (Wildman–Crippen MR) is 69.5 cm³/mol. The van der Waals surface area contributed by atoms with E-state index in [0.717, 1.165) is 25.9 Å². The zero-order valence-electron chi connectivity index (χ0n) is 11.1. The molecule has 0 aliphatic heterocycles. The summed E-state index contributed by atoms with van der Waals surface area (Å²) in [7, 11) is 0. The molecular weight excluding hydrogens is 212 g/mol. The molecule has 0 amide bonds. The molecule has 1 saturated carbocycles. The van der Waals surface area contributed by atoms with Crippen LogP contribution in [0.15, 0.2) is 0 Å². The summed E-state index contributed by atoms with van der Waals surface area (Å²) in [5.41, 5.74) is 5.10. The topological polar surface area (TPSA) is 59.0 Å². The Kier molecular flexibility index (Phi) is 6.54. The van der Waals surface area contributed by atoms with Gasteiger partial charge in [0.05, 0.1) is 12.2 Å². The molecule has 0 aromatic rings. The van der Waals surface area contributed by atoms with Crippen LogP contribution in [-0.2, 0) is 4.74 Å². The van der Waals surface area contributed by atoms with Crippen LogP contribution >= 0.6 is 0 Å². The van der Waals surface area contributed by atoms with Crippen LogP contribution in [0.3, 0.4) is 0 Å². The van der Waals surface area contributed by atoms with Crippen molar-refractivity contribution < 1.29 is 4.74 Å². The molecule has 0 aromatic carbocycles. The Morgan fingerprint density at radius 3 is 2.47 bits per heavy atom. The van der Waals surface area contributed by atoms with Gasteiger partial charge in [-0.05, 0) is 39.0 Å². The predicted octanol–water partition coefficient (Wildman–Crippen LogP) is 3.14. The third kappa shape index (κ3) is 6.65. The van der Waals surface area contributed by atoms with Crippen molar-refractivity contribution in [3.8, 4) is 6.07 Å². The molecule has 2 N–H and O–H groups in total. The van der Waals surface area contributed by atoms with Crippen molar-refractivity contribution in [3.63, 3.8) is 0 Å². The Bertz CT molecular complexity index is 237. The summed E-state index contributed by atoms with van der Waals surface area (Å²) < 4.78 is 5.89. The normalized spacial score (nSPS) is 21.5. The average molecular weight is 238 g/mol. The molecule has 3 heteroatoms. The summed E-state index contributed by atoms with van der Waals surface area (Å²) in [5, 5.41) is 8.78. The van der Waals surface area contributed by atoms with Gasteiger partial charge in [-0.1, -0.05) is 25.7 Å². The van der Waals surface area contributed by atoms with E-state index in [-0.39, 0.29) is 0 Å². The SMILES string of the molecule is CC(N)(C#N)CCCCOC1CCCCCC1. The van der Waals surface area contributed by atoms with Crippen LogP contribution in [0.1, 0.15) is 64.7 Å². The van der Waals surface area contributed by atoms with E-state index in [1.54, 1.807) is 6.92 Å². The van der Waals surface area contributed by atoms with Crippen LogP contribution < -0.4 is 5.73 Å². The van der Waals surface area contributed by atoms with Crippen LogP contribution in [0.4, 0.5) is 0 Å². The Hall–Kier alpha value is -0.590. The molecule has 1 atom stereocenters. The molecular formula is C14H26N2O. The van der Waals surface area contributed by atoms with Crippen molar-refractivity contribution in [2.24, 2.45) is 5.73 Å². The summed E-state index contributed by atoms with van der Waals surface area (Å²) in [6.45, 7) is 2.62. The van der Waals surface area contributed by atoms with Crippen LogP contribution in [-0.4, -0.2) is 18.2 Å². The number of unbranched alkanes of at least 4 members (excludes halogenated alkanes) is 1. The largest absolute Gasteiger partial charge is 0.378 e. The number of nitrogens with two attached hydrogens (primary N) is 1. The summed E-state index contributed by atoms with van der Waals surface area (Å²) >= 11 is 0. The third-order valence-electron chi connectivity index (χ3n) is 3.50. The average Bonchev–Trinajstić information content (AvgIpc) is 2.57. The van der Waals surface area contributed by atoms with E-state index in [4.69, 9.17) is 15.7 Å². The van der Waals surface area contributed by atoms with Crippen molar-refractivity contribution in [2.75, 3.05) is 6.61 Å². The molecule has 1 aliphatic rings. The molecule has 0 aromatic heterocycles. The van der Waals surface area contributed by atoms with Gasteiger partial charge in [-0.15, -0.1) is 0 Å². The minimum Gasteiger partial charge on any atom is -0.378 e. The standard InChI is InChI=1S/C14H26N2O/c1-14(16,12-15)10-6-7-11-17-13-8-4-2-3-5-9-13/h13H,2-11,16H2,1H3. The van der Waals surface area contributed by atoms with Gasteiger partial charge in [0.25, 0.3) is 0 Å². The number of hydrogen-bond acceptors (Lipinski definition) is 3. The summed E-state index contributed by atoms with van der Waals surface area (Å²) in [6, 6.07) is 2.13. The molecule has 0 spiro atoms. The van der Waals surface area contributed by atoms with Crippen LogP contribution in [0.2, 0.25) is 0 Å². The fourth-order valence-electron chi connectivity index (χ4n) is 2.31. The van der Waals surface area contributed by atoms with Gasteiger partial charge in [-0.2, -0.15) is 5.26 Å². The smallest absolute Gasteiger partial charge is 0.101 e. The van der Waals surface area contributed by atoms with Gasteiger partial charge >= 0.3 is 0 Å². The minimum atomic E-state index is -0.664. The molecule has 0 heterocycles. The van der Waals surface area contributed by atoms with Gasteiger partial charge in [0.1, 0.15) is 5.54 Å². The lowest BCUT2D eigenvalue weighted by Crippen LogP contribution is -2.33. The molecule has 1 fully saturated rings. The van der Waals surface area contributed by atoms with Crippen molar-refractivity contribution in [1.82, 2.24) is 0 Å². The summed E-state index contributed by atoms with van der Waals surface area (Å²) in [4.78, 5) is 0. The summed E-state index contributed by atoms with van der Waals surface area (Å²) in [6.07, 6.45) is 11.1. The maximum Gasteiger partial charge on any atom is 0.101 e. The second kappa shape index (κ2) is 7.68. The van der Waals surface area contributed by atoms with Gasteiger partial charge in [-0.3, -0.25) is 0 Å². The highest BCUT2D eigenvalue weighted by Crippen LogP contribution is 2.20. The Morgan fingerprint density at radius 2 is 1.88 bits per heavy atom. The number of ether oxygens (including phenoxy) is 1. The number of rotatable bonds is 6. The first kappa shape index (κ1) is 14.5.